The fourth-order valence-electron chi connectivity index (χ4n) is 1.82. The second-order valence-corrected chi connectivity index (χ2v) is 9.11. The Hall–Kier alpha value is -0.480. The van der Waals surface area contributed by atoms with Crippen LogP contribution < -0.4 is 4.72 Å². The quantitative estimate of drug-likeness (QED) is 0.773. The zero-order valence-corrected chi connectivity index (χ0v) is 12.9. The average Bonchev–Trinajstić information content (AvgIpc) is 2.51. The second kappa shape index (κ2) is 5.13. The molecule has 0 saturated carbocycles. The zero-order valence-electron chi connectivity index (χ0n) is 9.65. The molecule has 0 aromatic heterocycles. The number of sulfone groups is 1. The van der Waals surface area contributed by atoms with Gasteiger partial charge in [0.15, 0.2) is 9.84 Å². The van der Waals surface area contributed by atoms with Crippen molar-refractivity contribution in [1.82, 2.24) is 4.72 Å². The van der Waals surface area contributed by atoms with Crippen LogP contribution in [0.15, 0.2) is 33.6 Å². The first kappa shape index (κ1) is 14.9. The van der Waals surface area contributed by atoms with Gasteiger partial charge in [0.1, 0.15) is 0 Å². The van der Waals surface area contributed by atoms with Crippen LogP contribution in [0.5, 0.6) is 0 Å². The Kier molecular flexibility index (Phi) is 4.03. The molecular weight excluding hydrogens is 358 g/mol. The van der Waals surface area contributed by atoms with Gasteiger partial charge in [0.25, 0.3) is 0 Å². The number of hydrogen-bond acceptors (Lipinski definition) is 5. The summed E-state index contributed by atoms with van der Waals surface area (Å²) < 4.78 is 49.6. The van der Waals surface area contributed by atoms with E-state index < -0.39 is 37.8 Å². The van der Waals surface area contributed by atoms with Crippen LogP contribution >= 0.6 is 15.9 Å². The van der Waals surface area contributed by atoms with Gasteiger partial charge in [-0.2, -0.15) is 0 Å². The molecule has 6 nitrogen and oxygen atoms in total. The van der Waals surface area contributed by atoms with Gasteiger partial charge in [0.2, 0.25) is 10.0 Å². The molecule has 2 atom stereocenters. The monoisotopic (exact) mass is 369 g/mol. The molecule has 1 aromatic rings. The van der Waals surface area contributed by atoms with Crippen molar-refractivity contribution in [3.63, 3.8) is 0 Å². The number of nitrogens with one attached hydrogen (secondary N) is 1. The van der Waals surface area contributed by atoms with Crippen molar-refractivity contribution in [2.24, 2.45) is 0 Å². The topological polar surface area (TPSA) is 101 Å². The van der Waals surface area contributed by atoms with Crippen LogP contribution in [0.3, 0.4) is 0 Å². The molecule has 2 N–H and O–H groups in total. The highest BCUT2D eigenvalue weighted by Gasteiger charge is 2.38. The summed E-state index contributed by atoms with van der Waals surface area (Å²) in [5.74, 6) is -0.801. The molecular formula is C10H12BrNO5S2. The summed E-state index contributed by atoms with van der Waals surface area (Å²) in [6.07, 6.45) is -1.21. The first-order valence-electron chi connectivity index (χ1n) is 5.36. The highest BCUT2D eigenvalue weighted by molar-refractivity contribution is 9.10. The van der Waals surface area contributed by atoms with E-state index in [9.17, 15) is 21.9 Å². The maximum absolute atomic E-state index is 12.0. The summed E-state index contributed by atoms with van der Waals surface area (Å²) in [7, 11) is -7.23. The molecule has 0 unspecified atom stereocenters. The summed E-state index contributed by atoms with van der Waals surface area (Å²) >= 11 is 3.19. The fraction of sp³-hybridized carbons (Fsp3) is 0.400. The van der Waals surface area contributed by atoms with Gasteiger partial charge in [0, 0.05) is 4.47 Å². The smallest absolute Gasteiger partial charge is 0.240 e. The molecule has 0 bridgehead atoms. The predicted octanol–water partition coefficient (Wildman–Crippen LogP) is -0.115. The lowest BCUT2D eigenvalue weighted by atomic mass is 10.2. The number of sulfonamides is 1. The van der Waals surface area contributed by atoms with E-state index in [1.807, 2.05) is 0 Å². The summed E-state index contributed by atoms with van der Waals surface area (Å²) in [5, 5.41) is 9.57. The van der Waals surface area contributed by atoms with Gasteiger partial charge in [-0.15, -0.1) is 0 Å². The second-order valence-electron chi connectivity index (χ2n) is 4.33. The van der Waals surface area contributed by atoms with Gasteiger partial charge >= 0.3 is 0 Å². The number of rotatable bonds is 3. The molecule has 9 heteroatoms. The van der Waals surface area contributed by atoms with E-state index in [0.29, 0.717) is 0 Å². The molecule has 1 heterocycles. The number of aliphatic hydroxyl groups excluding tert-OH is 1. The van der Waals surface area contributed by atoms with Crippen LogP contribution in [-0.2, 0) is 19.9 Å². The van der Waals surface area contributed by atoms with Crippen LogP contribution in [0.25, 0.3) is 0 Å². The van der Waals surface area contributed by atoms with Crippen LogP contribution in [0.4, 0.5) is 0 Å². The number of hydrogen-bond donors (Lipinski definition) is 2. The molecule has 0 aliphatic carbocycles. The van der Waals surface area contributed by atoms with Gasteiger partial charge in [-0.25, -0.2) is 21.6 Å². The maximum atomic E-state index is 12.0. The summed E-state index contributed by atoms with van der Waals surface area (Å²) in [5.41, 5.74) is 0. The van der Waals surface area contributed by atoms with Crippen molar-refractivity contribution in [3.05, 3.63) is 28.7 Å². The van der Waals surface area contributed by atoms with Crippen molar-refractivity contribution in [2.75, 3.05) is 11.5 Å². The summed E-state index contributed by atoms with van der Waals surface area (Å²) in [4.78, 5) is 0.0206. The van der Waals surface area contributed by atoms with Gasteiger partial charge in [-0.05, 0) is 24.3 Å². The third kappa shape index (κ3) is 3.54. The normalized spacial score (nSPS) is 26.4. The highest BCUT2D eigenvalue weighted by Crippen LogP contribution is 2.18. The predicted molar refractivity (Wildman–Crippen MR) is 72.9 cm³/mol. The van der Waals surface area contributed by atoms with E-state index in [4.69, 9.17) is 0 Å². The van der Waals surface area contributed by atoms with Crippen molar-refractivity contribution < 1.29 is 21.9 Å². The lowest BCUT2D eigenvalue weighted by molar-refractivity contribution is 0.176. The van der Waals surface area contributed by atoms with Crippen molar-refractivity contribution >= 4 is 35.8 Å². The van der Waals surface area contributed by atoms with Gasteiger partial charge in [-0.3, -0.25) is 0 Å². The zero-order chi connectivity index (χ0) is 14.3. The third-order valence-electron chi connectivity index (χ3n) is 2.75. The molecule has 1 saturated heterocycles. The summed E-state index contributed by atoms with van der Waals surface area (Å²) in [6.45, 7) is 0. The minimum absolute atomic E-state index is 0.0206. The van der Waals surface area contributed by atoms with Gasteiger partial charge in [0.05, 0.1) is 28.5 Å². The van der Waals surface area contributed by atoms with Crippen LogP contribution in [0, 0.1) is 0 Å². The van der Waals surface area contributed by atoms with E-state index in [2.05, 4.69) is 20.7 Å². The van der Waals surface area contributed by atoms with E-state index in [-0.39, 0.29) is 10.6 Å². The first-order chi connectivity index (χ1) is 8.70. The van der Waals surface area contributed by atoms with E-state index >= 15 is 0 Å². The molecule has 0 amide bonds. The minimum Gasteiger partial charge on any atom is -0.390 e. The van der Waals surface area contributed by atoms with Crippen LogP contribution in [0.2, 0.25) is 0 Å². The van der Waals surface area contributed by atoms with Gasteiger partial charge in [-0.1, -0.05) is 15.9 Å². The molecule has 1 aliphatic rings. The standard InChI is InChI=1S/C10H12BrNO5S2/c11-7-1-3-8(4-2-7)19(16,17)12-9-5-18(14,15)6-10(9)13/h1-4,9-10,12-13H,5-6H2/t9-,10+/m1/s1. The van der Waals surface area contributed by atoms with E-state index in [1.54, 1.807) is 12.1 Å². The Bertz CT molecular complexity index is 668. The molecule has 106 valence electrons. The molecule has 0 radical (unpaired) electrons. The molecule has 1 fully saturated rings. The average molecular weight is 370 g/mol. The SMILES string of the molecule is O=S1(=O)C[C@H](O)[C@H](NS(=O)(=O)c2ccc(Br)cc2)C1. The summed E-state index contributed by atoms with van der Waals surface area (Å²) in [6, 6.07) is 4.91. The van der Waals surface area contributed by atoms with E-state index in [0.717, 1.165) is 4.47 Å². The van der Waals surface area contributed by atoms with Crippen molar-refractivity contribution in [2.45, 2.75) is 17.0 Å². The van der Waals surface area contributed by atoms with Crippen LogP contribution in [-0.4, -0.2) is 45.6 Å². The Morgan fingerprint density at radius 2 is 1.79 bits per heavy atom. The Morgan fingerprint density at radius 3 is 2.26 bits per heavy atom. The Morgan fingerprint density at radius 1 is 1.21 bits per heavy atom. The lowest BCUT2D eigenvalue weighted by Gasteiger charge is -2.15. The molecule has 1 aromatic carbocycles. The van der Waals surface area contributed by atoms with Crippen molar-refractivity contribution in [3.8, 4) is 0 Å². The third-order valence-corrected chi connectivity index (χ3v) is 6.50. The minimum atomic E-state index is -3.84. The lowest BCUT2D eigenvalue weighted by Crippen LogP contribution is -2.42. The van der Waals surface area contributed by atoms with Gasteiger partial charge < -0.3 is 5.11 Å². The van der Waals surface area contributed by atoms with Crippen molar-refractivity contribution in [1.29, 1.82) is 0 Å². The molecule has 19 heavy (non-hydrogen) atoms. The highest BCUT2D eigenvalue weighted by atomic mass is 79.9. The Balaban J connectivity index is 2.21. The fourth-order valence-corrected chi connectivity index (χ4v) is 5.20. The molecule has 0 spiro atoms. The number of benzene rings is 1. The first-order valence-corrected chi connectivity index (χ1v) is 9.46. The van der Waals surface area contributed by atoms with Crippen LogP contribution in [0.1, 0.15) is 0 Å². The largest absolute Gasteiger partial charge is 0.390 e. The van der Waals surface area contributed by atoms with E-state index in [1.165, 1.54) is 12.1 Å². The molecule has 2 rings (SSSR count). The molecule has 1 aliphatic heterocycles. The Labute approximate surface area is 119 Å². The maximum Gasteiger partial charge on any atom is 0.240 e. The number of aliphatic hydroxyl groups is 1. The number of halogens is 1.